The van der Waals surface area contributed by atoms with E-state index in [0.29, 0.717) is 0 Å². The molecule has 7 rings (SSSR count). The Balaban J connectivity index is 1.41. The quantitative estimate of drug-likeness (QED) is 0.259. The zero-order chi connectivity index (χ0) is 23.9. The van der Waals surface area contributed by atoms with Crippen molar-refractivity contribution in [3.63, 3.8) is 0 Å². The van der Waals surface area contributed by atoms with E-state index in [-0.39, 0.29) is 0 Å². The molecule has 170 valence electrons. The van der Waals surface area contributed by atoms with Crippen LogP contribution >= 0.6 is 0 Å². The average Bonchev–Trinajstić information content (AvgIpc) is 3.34. The normalized spacial score (nSPS) is 11.3. The summed E-state index contributed by atoms with van der Waals surface area (Å²) in [6.07, 6.45) is 0. The van der Waals surface area contributed by atoms with Crippen molar-refractivity contribution in [3.8, 4) is 11.1 Å². The van der Waals surface area contributed by atoms with Crippen molar-refractivity contribution in [1.29, 1.82) is 0 Å². The number of anilines is 3. The third-order valence-electron chi connectivity index (χ3n) is 6.84. The number of furan rings is 1. The minimum absolute atomic E-state index is 0.918. The van der Waals surface area contributed by atoms with E-state index < -0.39 is 0 Å². The van der Waals surface area contributed by atoms with Crippen LogP contribution in [-0.4, -0.2) is 0 Å². The van der Waals surface area contributed by atoms with Crippen LogP contribution in [0.5, 0.6) is 0 Å². The molecule has 2 nitrogen and oxygen atoms in total. The summed E-state index contributed by atoms with van der Waals surface area (Å²) in [4.78, 5) is 2.28. The van der Waals surface area contributed by atoms with Crippen LogP contribution in [0.15, 0.2) is 144 Å². The van der Waals surface area contributed by atoms with Crippen molar-refractivity contribution < 1.29 is 4.42 Å². The largest absolute Gasteiger partial charge is 0.455 e. The summed E-state index contributed by atoms with van der Waals surface area (Å²) in [6, 6.07) is 48.9. The number of nitrogens with zero attached hydrogens (tertiary/aromatic N) is 1. The molecular formula is C34H23NO. The molecule has 0 amide bonds. The summed E-state index contributed by atoms with van der Waals surface area (Å²) in [5.41, 5.74) is 7.46. The van der Waals surface area contributed by atoms with E-state index >= 15 is 0 Å². The van der Waals surface area contributed by atoms with Crippen molar-refractivity contribution in [2.45, 2.75) is 0 Å². The Morgan fingerprint density at radius 2 is 1.03 bits per heavy atom. The molecule has 0 saturated carbocycles. The molecule has 7 aromatic rings. The zero-order valence-corrected chi connectivity index (χ0v) is 19.6. The lowest BCUT2D eigenvalue weighted by atomic mass is 9.96. The molecule has 0 aliphatic carbocycles. The van der Waals surface area contributed by atoms with Gasteiger partial charge in [0.25, 0.3) is 0 Å². The van der Waals surface area contributed by atoms with Gasteiger partial charge in [-0.25, -0.2) is 0 Å². The maximum Gasteiger partial charge on any atom is 0.143 e. The number of fused-ring (bicyclic) bond motifs is 5. The highest BCUT2D eigenvalue weighted by molar-refractivity contribution is 6.22. The monoisotopic (exact) mass is 461 g/mol. The molecule has 1 heterocycles. The number of rotatable bonds is 4. The third-order valence-corrected chi connectivity index (χ3v) is 6.84. The highest BCUT2D eigenvalue weighted by Gasteiger charge is 2.17. The van der Waals surface area contributed by atoms with Gasteiger partial charge in [0, 0.05) is 33.4 Å². The predicted molar refractivity (Wildman–Crippen MR) is 151 cm³/mol. The first kappa shape index (κ1) is 20.5. The second-order valence-electron chi connectivity index (χ2n) is 9.00. The van der Waals surface area contributed by atoms with Gasteiger partial charge in [-0.2, -0.15) is 0 Å². The standard InChI is InChI=1S/C34H23NO/c1-3-12-26(13-4-1)35(27-14-5-2-6-15-27)28-21-19-24(20-22-28)31-23-25-11-7-8-16-29(25)33-30-17-9-10-18-32(30)36-34(31)33/h1-23H. The molecular weight excluding hydrogens is 438 g/mol. The third kappa shape index (κ3) is 3.35. The molecule has 36 heavy (non-hydrogen) atoms. The molecule has 2 heteroatoms. The Labute approximate surface area is 209 Å². The van der Waals surface area contributed by atoms with Crippen LogP contribution in [-0.2, 0) is 0 Å². The zero-order valence-electron chi connectivity index (χ0n) is 19.6. The highest BCUT2D eigenvalue weighted by atomic mass is 16.3. The fraction of sp³-hybridized carbons (Fsp3) is 0. The second kappa shape index (κ2) is 8.44. The average molecular weight is 462 g/mol. The lowest BCUT2D eigenvalue weighted by Crippen LogP contribution is -2.09. The first-order chi connectivity index (χ1) is 17.9. The molecule has 0 unspecified atom stereocenters. The van der Waals surface area contributed by atoms with Gasteiger partial charge in [-0.3, -0.25) is 0 Å². The summed E-state index contributed by atoms with van der Waals surface area (Å²) in [7, 11) is 0. The molecule has 0 atom stereocenters. The van der Waals surface area contributed by atoms with Crippen LogP contribution < -0.4 is 4.90 Å². The van der Waals surface area contributed by atoms with Gasteiger partial charge in [0.15, 0.2) is 0 Å². The number of hydrogen-bond donors (Lipinski definition) is 0. The number of hydrogen-bond acceptors (Lipinski definition) is 2. The van der Waals surface area contributed by atoms with Gasteiger partial charge in [0.1, 0.15) is 11.2 Å². The van der Waals surface area contributed by atoms with Crippen LogP contribution in [0.1, 0.15) is 0 Å². The van der Waals surface area contributed by atoms with E-state index in [1.165, 1.54) is 16.2 Å². The van der Waals surface area contributed by atoms with E-state index in [1.54, 1.807) is 0 Å². The highest BCUT2D eigenvalue weighted by Crippen LogP contribution is 2.42. The van der Waals surface area contributed by atoms with E-state index in [1.807, 2.05) is 18.2 Å². The molecule has 0 spiro atoms. The van der Waals surface area contributed by atoms with Gasteiger partial charge in [-0.15, -0.1) is 0 Å². The van der Waals surface area contributed by atoms with Gasteiger partial charge in [0.2, 0.25) is 0 Å². The molecule has 0 saturated heterocycles. The summed E-state index contributed by atoms with van der Waals surface area (Å²) in [5, 5.41) is 4.77. The second-order valence-corrected chi connectivity index (χ2v) is 9.00. The SMILES string of the molecule is c1ccc(N(c2ccccc2)c2ccc(-c3cc4ccccc4c4c3oc3ccccc34)cc2)cc1. The maximum atomic E-state index is 6.45. The van der Waals surface area contributed by atoms with Crippen molar-refractivity contribution >= 4 is 49.8 Å². The Kier molecular flexibility index (Phi) is 4.82. The summed E-state index contributed by atoms with van der Waals surface area (Å²) in [6.45, 7) is 0. The van der Waals surface area contributed by atoms with E-state index in [4.69, 9.17) is 4.42 Å². The van der Waals surface area contributed by atoms with E-state index in [9.17, 15) is 0 Å². The fourth-order valence-electron chi connectivity index (χ4n) is 5.18. The van der Waals surface area contributed by atoms with Gasteiger partial charge in [-0.1, -0.05) is 91.0 Å². The Hall–Kier alpha value is -4.82. The number of para-hydroxylation sites is 3. The van der Waals surface area contributed by atoms with Crippen molar-refractivity contribution in [3.05, 3.63) is 140 Å². The van der Waals surface area contributed by atoms with Crippen LogP contribution in [0, 0.1) is 0 Å². The summed E-state index contributed by atoms with van der Waals surface area (Å²) in [5.74, 6) is 0. The molecule has 1 aromatic heterocycles. The van der Waals surface area contributed by atoms with Crippen molar-refractivity contribution in [2.75, 3.05) is 4.90 Å². The first-order valence-electron chi connectivity index (χ1n) is 12.2. The van der Waals surface area contributed by atoms with Gasteiger partial charge < -0.3 is 9.32 Å². The van der Waals surface area contributed by atoms with Crippen LogP contribution in [0.25, 0.3) is 43.8 Å². The van der Waals surface area contributed by atoms with Crippen molar-refractivity contribution in [2.24, 2.45) is 0 Å². The lowest BCUT2D eigenvalue weighted by molar-refractivity contribution is 0.670. The Morgan fingerprint density at radius 1 is 0.472 bits per heavy atom. The van der Waals surface area contributed by atoms with Crippen LogP contribution in [0.3, 0.4) is 0 Å². The molecule has 0 bridgehead atoms. The molecule has 0 fully saturated rings. The smallest absolute Gasteiger partial charge is 0.143 e. The molecule has 0 N–H and O–H groups in total. The molecule has 0 aliphatic heterocycles. The van der Waals surface area contributed by atoms with Gasteiger partial charge >= 0.3 is 0 Å². The number of benzene rings is 6. The fourth-order valence-corrected chi connectivity index (χ4v) is 5.18. The van der Waals surface area contributed by atoms with Gasteiger partial charge in [-0.05, 0) is 64.9 Å². The first-order valence-corrected chi connectivity index (χ1v) is 12.2. The lowest BCUT2D eigenvalue weighted by Gasteiger charge is -2.25. The molecule has 0 radical (unpaired) electrons. The summed E-state index contributed by atoms with van der Waals surface area (Å²) < 4.78 is 6.45. The topological polar surface area (TPSA) is 16.4 Å². The Bertz CT molecular complexity index is 1780. The minimum atomic E-state index is 0.918. The van der Waals surface area contributed by atoms with E-state index in [0.717, 1.165) is 44.7 Å². The Morgan fingerprint density at radius 3 is 1.72 bits per heavy atom. The van der Waals surface area contributed by atoms with E-state index in [2.05, 4.69) is 126 Å². The molecule has 6 aromatic carbocycles. The predicted octanol–water partition coefficient (Wildman–Crippen LogP) is 9.88. The van der Waals surface area contributed by atoms with Crippen molar-refractivity contribution in [1.82, 2.24) is 0 Å². The van der Waals surface area contributed by atoms with Crippen LogP contribution in [0.2, 0.25) is 0 Å². The van der Waals surface area contributed by atoms with Crippen LogP contribution in [0.4, 0.5) is 17.1 Å². The summed E-state index contributed by atoms with van der Waals surface area (Å²) >= 11 is 0. The minimum Gasteiger partial charge on any atom is -0.455 e. The van der Waals surface area contributed by atoms with Gasteiger partial charge in [0.05, 0.1) is 0 Å². The maximum absolute atomic E-state index is 6.45. The molecule has 0 aliphatic rings.